The molecule has 1 saturated heterocycles. The van der Waals surface area contributed by atoms with Gasteiger partial charge in [0.15, 0.2) is 0 Å². The Morgan fingerprint density at radius 3 is 2.35 bits per heavy atom. The summed E-state index contributed by atoms with van der Waals surface area (Å²) >= 11 is 0. The van der Waals surface area contributed by atoms with Gasteiger partial charge in [-0.05, 0) is 51.5 Å². The van der Waals surface area contributed by atoms with Crippen LogP contribution in [-0.2, 0) is 11.8 Å². The van der Waals surface area contributed by atoms with Crippen LogP contribution in [0, 0.1) is 12.8 Å². The molecule has 31 heavy (non-hydrogen) atoms. The third kappa shape index (κ3) is 5.18. The van der Waals surface area contributed by atoms with Gasteiger partial charge in [-0.25, -0.2) is 4.90 Å². The molecule has 0 spiro atoms. The van der Waals surface area contributed by atoms with E-state index in [-0.39, 0.29) is 30.0 Å². The topological polar surface area (TPSA) is 74.4 Å². The summed E-state index contributed by atoms with van der Waals surface area (Å²) in [6.45, 7) is 15.0. The standard InChI is InChI=1S/C25H40N4O2/c1-17-15-22(16-18(2)28-20(4)26-27-23(28)24(5,6)7)29(19(17)3)25(30,31)14-13-21-11-9-8-10-12-21/h8-12,17-19,22,30-31H,13-16H2,1-7H3. The second-order valence-corrected chi connectivity index (χ2v) is 10.6. The summed E-state index contributed by atoms with van der Waals surface area (Å²) in [5, 5.41) is 31.1. The molecule has 0 bridgehead atoms. The number of rotatable bonds is 7. The molecule has 3 rings (SSSR count). The Labute approximate surface area is 187 Å². The molecule has 1 aromatic carbocycles. The van der Waals surface area contributed by atoms with Gasteiger partial charge in [0.2, 0.25) is 5.91 Å². The molecule has 6 nitrogen and oxygen atoms in total. The van der Waals surface area contributed by atoms with E-state index < -0.39 is 5.91 Å². The number of benzene rings is 1. The van der Waals surface area contributed by atoms with Gasteiger partial charge >= 0.3 is 0 Å². The van der Waals surface area contributed by atoms with Crippen LogP contribution in [0.25, 0.3) is 0 Å². The van der Waals surface area contributed by atoms with Crippen molar-refractivity contribution >= 4 is 0 Å². The Morgan fingerprint density at radius 2 is 1.74 bits per heavy atom. The van der Waals surface area contributed by atoms with Crippen LogP contribution in [0.1, 0.15) is 84.1 Å². The Morgan fingerprint density at radius 1 is 1.10 bits per heavy atom. The van der Waals surface area contributed by atoms with Crippen molar-refractivity contribution in [2.24, 2.45) is 5.92 Å². The first-order valence-electron chi connectivity index (χ1n) is 11.6. The lowest BCUT2D eigenvalue weighted by molar-refractivity contribution is -0.282. The maximum atomic E-state index is 11.2. The van der Waals surface area contributed by atoms with Gasteiger partial charge in [0.05, 0.1) is 0 Å². The number of aryl methyl sites for hydroxylation is 2. The van der Waals surface area contributed by atoms with Crippen molar-refractivity contribution in [1.29, 1.82) is 0 Å². The minimum Gasteiger partial charge on any atom is -0.353 e. The van der Waals surface area contributed by atoms with Crippen LogP contribution in [0.15, 0.2) is 30.3 Å². The summed E-state index contributed by atoms with van der Waals surface area (Å²) in [4.78, 5) is 1.95. The van der Waals surface area contributed by atoms with E-state index in [9.17, 15) is 10.2 Å². The molecule has 0 radical (unpaired) electrons. The Bertz CT molecular complexity index is 856. The molecule has 0 amide bonds. The molecule has 1 aliphatic heterocycles. The van der Waals surface area contributed by atoms with Crippen LogP contribution in [0.2, 0.25) is 0 Å². The summed E-state index contributed by atoms with van der Waals surface area (Å²) in [6, 6.07) is 10.4. The summed E-state index contributed by atoms with van der Waals surface area (Å²) in [5.41, 5.74) is 1.02. The molecule has 6 heteroatoms. The predicted octanol–water partition coefficient (Wildman–Crippen LogP) is 4.21. The van der Waals surface area contributed by atoms with E-state index in [0.717, 1.165) is 30.1 Å². The molecule has 2 heterocycles. The fraction of sp³-hybridized carbons (Fsp3) is 0.680. The SMILES string of the molecule is Cc1nnc(C(C)(C)C)n1C(C)CC1CC(C)C(C)N1C(O)(O)CCc1ccccc1. The highest BCUT2D eigenvalue weighted by molar-refractivity contribution is 5.15. The zero-order valence-corrected chi connectivity index (χ0v) is 20.2. The zero-order valence-electron chi connectivity index (χ0n) is 20.2. The molecule has 2 N–H and O–H groups in total. The number of hydrogen-bond donors (Lipinski definition) is 2. The summed E-state index contributed by atoms with van der Waals surface area (Å²) < 4.78 is 2.23. The summed E-state index contributed by atoms with van der Waals surface area (Å²) in [6.07, 6.45) is 2.70. The highest BCUT2D eigenvalue weighted by atomic mass is 16.5. The fourth-order valence-electron chi connectivity index (χ4n) is 5.17. The van der Waals surface area contributed by atoms with Gasteiger partial charge in [0, 0.05) is 30.0 Å². The maximum Gasteiger partial charge on any atom is 0.225 e. The van der Waals surface area contributed by atoms with Crippen LogP contribution in [0.3, 0.4) is 0 Å². The maximum absolute atomic E-state index is 11.2. The molecule has 4 unspecified atom stereocenters. The Balaban J connectivity index is 1.79. The van der Waals surface area contributed by atoms with E-state index in [4.69, 9.17) is 0 Å². The van der Waals surface area contributed by atoms with Crippen molar-refractivity contribution in [1.82, 2.24) is 19.7 Å². The number of nitrogens with zero attached hydrogens (tertiary/aromatic N) is 4. The predicted molar refractivity (Wildman–Crippen MR) is 124 cm³/mol. The number of likely N-dealkylation sites (tertiary alicyclic amines) is 1. The van der Waals surface area contributed by atoms with E-state index in [0.29, 0.717) is 12.3 Å². The minimum atomic E-state index is -1.83. The van der Waals surface area contributed by atoms with E-state index in [1.165, 1.54) is 0 Å². The molecule has 0 aliphatic carbocycles. The van der Waals surface area contributed by atoms with Gasteiger partial charge in [0.25, 0.3) is 0 Å². The smallest absolute Gasteiger partial charge is 0.225 e. The lowest BCUT2D eigenvalue weighted by Crippen LogP contribution is -2.55. The van der Waals surface area contributed by atoms with Crippen molar-refractivity contribution in [2.45, 2.75) is 104 Å². The first kappa shape index (κ1) is 23.9. The number of aromatic nitrogens is 3. The third-order valence-corrected chi connectivity index (χ3v) is 6.90. The van der Waals surface area contributed by atoms with E-state index in [1.807, 2.05) is 42.2 Å². The van der Waals surface area contributed by atoms with Crippen LogP contribution < -0.4 is 0 Å². The number of hydrogen-bond acceptors (Lipinski definition) is 5. The quantitative estimate of drug-likeness (QED) is 0.647. The van der Waals surface area contributed by atoms with E-state index in [2.05, 4.69) is 56.3 Å². The second-order valence-electron chi connectivity index (χ2n) is 10.6. The van der Waals surface area contributed by atoms with Crippen LogP contribution in [-0.4, -0.2) is 47.9 Å². The average molecular weight is 429 g/mol. The van der Waals surface area contributed by atoms with Gasteiger partial charge in [-0.15, -0.1) is 10.2 Å². The summed E-state index contributed by atoms with van der Waals surface area (Å²) in [5.74, 6) is 0.453. The molecule has 1 aromatic heterocycles. The van der Waals surface area contributed by atoms with Gasteiger partial charge in [-0.2, -0.15) is 0 Å². The van der Waals surface area contributed by atoms with Gasteiger partial charge in [-0.3, -0.25) is 0 Å². The highest BCUT2D eigenvalue weighted by Gasteiger charge is 2.47. The van der Waals surface area contributed by atoms with Crippen molar-refractivity contribution < 1.29 is 10.2 Å². The largest absolute Gasteiger partial charge is 0.353 e. The van der Waals surface area contributed by atoms with Gasteiger partial charge in [0.1, 0.15) is 11.6 Å². The van der Waals surface area contributed by atoms with Gasteiger partial charge in [-0.1, -0.05) is 58.0 Å². The Hall–Kier alpha value is -1.76. The fourth-order valence-corrected chi connectivity index (χ4v) is 5.17. The third-order valence-electron chi connectivity index (χ3n) is 6.90. The van der Waals surface area contributed by atoms with E-state index in [1.54, 1.807) is 0 Å². The van der Waals surface area contributed by atoms with Crippen LogP contribution in [0.5, 0.6) is 0 Å². The minimum absolute atomic E-state index is 0.0837. The van der Waals surface area contributed by atoms with Crippen LogP contribution in [0.4, 0.5) is 0 Å². The summed E-state index contributed by atoms with van der Waals surface area (Å²) in [7, 11) is 0. The van der Waals surface area contributed by atoms with Crippen molar-refractivity contribution in [3.63, 3.8) is 0 Å². The van der Waals surface area contributed by atoms with Crippen molar-refractivity contribution in [3.8, 4) is 0 Å². The average Bonchev–Trinajstić information content (AvgIpc) is 3.21. The normalized spacial score (nSPS) is 24.0. The molecule has 1 fully saturated rings. The van der Waals surface area contributed by atoms with Crippen LogP contribution >= 0.6 is 0 Å². The van der Waals surface area contributed by atoms with Crippen molar-refractivity contribution in [3.05, 3.63) is 47.5 Å². The highest BCUT2D eigenvalue weighted by Crippen LogP contribution is 2.39. The molecule has 2 aromatic rings. The second kappa shape index (κ2) is 9.00. The lowest BCUT2D eigenvalue weighted by Gasteiger charge is -2.41. The monoisotopic (exact) mass is 428 g/mol. The Kier molecular flexibility index (Phi) is 6.94. The molecular formula is C25H40N4O2. The van der Waals surface area contributed by atoms with E-state index >= 15 is 0 Å². The van der Waals surface area contributed by atoms with Crippen molar-refractivity contribution in [2.75, 3.05) is 0 Å². The molecular weight excluding hydrogens is 388 g/mol. The molecule has 172 valence electrons. The van der Waals surface area contributed by atoms with Gasteiger partial charge < -0.3 is 14.8 Å². The first-order valence-corrected chi connectivity index (χ1v) is 11.6. The lowest BCUT2D eigenvalue weighted by atomic mass is 9.94. The molecule has 1 aliphatic rings. The number of aliphatic hydroxyl groups is 2. The first-order chi connectivity index (χ1) is 14.4. The zero-order chi connectivity index (χ0) is 23.0. The molecule has 0 saturated carbocycles. The molecule has 4 atom stereocenters.